The highest BCUT2D eigenvalue weighted by Gasteiger charge is 2.32. The van der Waals surface area contributed by atoms with Gasteiger partial charge in [-0.3, -0.25) is 9.69 Å². The zero-order chi connectivity index (χ0) is 17.6. The second-order valence-electron chi connectivity index (χ2n) is 6.73. The van der Waals surface area contributed by atoms with Crippen LogP contribution in [-0.2, 0) is 11.2 Å². The van der Waals surface area contributed by atoms with Gasteiger partial charge in [0.05, 0.1) is 6.54 Å². The van der Waals surface area contributed by atoms with E-state index in [1.54, 1.807) is 0 Å². The molecule has 4 nitrogen and oxygen atoms in total. The number of aliphatic hydroxyl groups excluding tert-OH is 1. The lowest BCUT2D eigenvalue weighted by Gasteiger charge is -2.41. The average Bonchev–Trinajstić information content (AvgIpc) is 2.63. The van der Waals surface area contributed by atoms with E-state index in [0.29, 0.717) is 19.5 Å². The summed E-state index contributed by atoms with van der Waals surface area (Å²) in [5.41, 5.74) is 3.44. The third-order valence-electron chi connectivity index (χ3n) is 4.81. The number of piperazine rings is 1. The third kappa shape index (κ3) is 4.47. The first-order valence-electron chi connectivity index (χ1n) is 8.93. The predicted octanol–water partition coefficient (Wildman–Crippen LogP) is 2.64. The van der Waals surface area contributed by atoms with Gasteiger partial charge in [-0.2, -0.15) is 0 Å². The molecule has 3 rings (SSSR count). The summed E-state index contributed by atoms with van der Waals surface area (Å²) in [6.45, 7) is 4.05. The fraction of sp³-hybridized carbons (Fsp3) is 0.381. The van der Waals surface area contributed by atoms with Crippen molar-refractivity contribution < 1.29 is 9.90 Å². The lowest BCUT2D eigenvalue weighted by atomic mass is 10.0. The molecule has 1 N–H and O–H groups in total. The van der Waals surface area contributed by atoms with Crippen LogP contribution in [0.25, 0.3) is 0 Å². The predicted molar refractivity (Wildman–Crippen MR) is 101 cm³/mol. The normalized spacial score (nSPS) is 18.6. The van der Waals surface area contributed by atoms with Crippen LogP contribution in [0.1, 0.15) is 17.5 Å². The highest BCUT2D eigenvalue weighted by Crippen LogP contribution is 2.23. The van der Waals surface area contributed by atoms with Crippen LogP contribution >= 0.6 is 0 Å². The molecule has 0 saturated carbocycles. The summed E-state index contributed by atoms with van der Waals surface area (Å²) in [5, 5.41) is 9.17. The van der Waals surface area contributed by atoms with Crippen LogP contribution in [0.2, 0.25) is 0 Å². The largest absolute Gasteiger partial charge is 0.396 e. The molecule has 0 radical (unpaired) electrons. The van der Waals surface area contributed by atoms with Crippen LogP contribution < -0.4 is 4.90 Å². The Morgan fingerprint density at radius 1 is 1.08 bits per heavy atom. The lowest BCUT2D eigenvalue weighted by molar-refractivity contribution is -0.122. The zero-order valence-electron chi connectivity index (χ0n) is 14.8. The van der Waals surface area contributed by atoms with Crippen molar-refractivity contribution in [2.45, 2.75) is 25.8 Å². The number of benzene rings is 2. The van der Waals surface area contributed by atoms with Gasteiger partial charge in [0.25, 0.3) is 0 Å². The Hall–Kier alpha value is -2.17. The molecule has 0 bridgehead atoms. The van der Waals surface area contributed by atoms with E-state index in [0.717, 1.165) is 18.7 Å². The lowest BCUT2D eigenvalue weighted by Crippen LogP contribution is -2.57. The minimum absolute atomic E-state index is 0.131. The SMILES string of the molecule is Cc1ccc(N2C[C@@H](Cc3ccccc3)N(CCCO)CC2=O)cc1. The second kappa shape index (κ2) is 8.28. The van der Waals surface area contributed by atoms with Gasteiger partial charge >= 0.3 is 0 Å². The summed E-state index contributed by atoms with van der Waals surface area (Å²) < 4.78 is 0. The Labute approximate surface area is 149 Å². The second-order valence-corrected chi connectivity index (χ2v) is 6.73. The van der Waals surface area contributed by atoms with Crippen LogP contribution in [0.5, 0.6) is 0 Å². The molecule has 132 valence electrons. The highest BCUT2D eigenvalue weighted by molar-refractivity contribution is 5.95. The summed E-state index contributed by atoms with van der Waals surface area (Å²) in [5.74, 6) is 0.131. The number of rotatable bonds is 6. The summed E-state index contributed by atoms with van der Waals surface area (Å²) in [6.07, 6.45) is 1.60. The van der Waals surface area contributed by atoms with Gasteiger partial charge in [0.2, 0.25) is 5.91 Å². The van der Waals surface area contributed by atoms with Gasteiger partial charge in [-0.15, -0.1) is 0 Å². The maximum atomic E-state index is 12.7. The van der Waals surface area contributed by atoms with Crippen LogP contribution in [0, 0.1) is 6.92 Å². The number of anilines is 1. The van der Waals surface area contributed by atoms with E-state index in [1.165, 1.54) is 11.1 Å². The number of aliphatic hydroxyl groups is 1. The van der Waals surface area contributed by atoms with Crippen LogP contribution in [0.3, 0.4) is 0 Å². The van der Waals surface area contributed by atoms with Gasteiger partial charge in [0.15, 0.2) is 0 Å². The number of amides is 1. The van der Waals surface area contributed by atoms with Gasteiger partial charge in [-0.1, -0.05) is 48.0 Å². The zero-order valence-corrected chi connectivity index (χ0v) is 14.8. The highest BCUT2D eigenvalue weighted by atomic mass is 16.3. The first-order valence-corrected chi connectivity index (χ1v) is 8.93. The molecule has 1 aliphatic rings. The molecule has 1 saturated heterocycles. The van der Waals surface area contributed by atoms with Crippen LogP contribution in [0.15, 0.2) is 54.6 Å². The van der Waals surface area contributed by atoms with E-state index in [1.807, 2.05) is 35.2 Å². The summed E-state index contributed by atoms with van der Waals surface area (Å²) in [4.78, 5) is 16.8. The fourth-order valence-electron chi connectivity index (χ4n) is 3.41. The van der Waals surface area contributed by atoms with E-state index >= 15 is 0 Å². The van der Waals surface area contributed by atoms with Crippen molar-refractivity contribution >= 4 is 11.6 Å². The van der Waals surface area contributed by atoms with E-state index < -0.39 is 0 Å². The summed E-state index contributed by atoms with van der Waals surface area (Å²) in [6, 6.07) is 18.8. The molecule has 0 spiro atoms. The molecule has 2 aromatic carbocycles. The first-order chi connectivity index (χ1) is 12.2. The third-order valence-corrected chi connectivity index (χ3v) is 4.81. The average molecular weight is 338 g/mol. The van der Waals surface area contributed by atoms with E-state index in [-0.39, 0.29) is 18.6 Å². The monoisotopic (exact) mass is 338 g/mol. The standard InChI is InChI=1S/C21H26N2O2/c1-17-8-10-19(11-9-17)23-15-20(14-18-6-3-2-4-7-18)22(12-5-13-24)16-21(23)25/h2-4,6-11,20,24H,5,12-16H2,1H3/t20-/m1/s1. The molecular formula is C21H26N2O2. The van der Waals surface area contributed by atoms with Crippen LogP contribution in [0.4, 0.5) is 5.69 Å². The molecule has 25 heavy (non-hydrogen) atoms. The molecule has 0 aromatic heterocycles. The van der Waals surface area contributed by atoms with E-state index in [4.69, 9.17) is 0 Å². The molecule has 0 unspecified atom stereocenters. The molecule has 1 atom stereocenters. The molecule has 4 heteroatoms. The number of aryl methyl sites for hydroxylation is 1. The molecule has 1 fully saturated rings. The van der Waals surface area contributed by atoms with Gasteiger partial charge in [0.1, 0.15) is 0 Å². The van der Waals surface area contributed by atoms with Gasteiger partial charge in [-0.05, 0) is 37.5 Å². The van der Waals surface area contributed by atoms with Crippen molar-refractivity contribution in [3.63, 3.8) is 0 Å². The maximum absolute atomic E-state index is 12.7. The Bertz CT molecular complexity index is 685. The molecular weight excluding hydrogens is 312 g/mol. The van der Waals surface area contributed by atoms with Gasteiger partial charge in [0, 0.05) is 31.4 Å². The quantitative estimate of drug-likeness (QED) is 0.881. The van der Waals surface area contributed by atoms with Crippen molar-refractivity contribution in [1.29, 1.82) is 0 Å². The minimum atomic E-state index is 0.131. The van der Waals surface area contributed by atoms with Crippen LogP contribution in [-0.4, -0.2) is 48.2 Å². The summed E-state index contributed by atoms with van der Waals surface area (Å²) in [7, 11) is 0. The number of carbonyl (C=O) groups excluding carboxylic acids is 1. The number of hydrogen-bond donors (Lipinski definition) is 1. The smallest absolute Gasteiger partial charge is 0.241 e. The Kier molecular flexibility index (Phi) is 5.84. The van der Waals surface area contributed by atoms with Crippen molar-refractivity contribution in [2.75, 3.05) is 31.1 Å². The molecule has 1 aliphatic heterocycles. The van der Waals surface area contributed by atoms with Gasteiger partial charge < -0.3 is 10.0 Å². The topological polar surface area (TPSA) is 43.8 Å². The molecule has 1 amide bonds. The molecule has 0 aliphatic carbocycles. The van der Waals surface area contributed by atoms with Crippen molar-refractivity contribution in [3.05, 3.63) is 65.7 Å². The number of carbonyl (C=O) groups is 1. The number of nitrogens with zero attached hydrogens (tertiary/aromatic N) is 2. The first kappa shape index (κ1) is 17.6. The van der Waals surface area contributed by atoms with E-state index in [2.05, 4.69) is 36.1 Å². The maximum Gasteiger partial charge on any atom is 0.241 e. The Balaban J connectivity index is 1.79. The molecule has 1 heterocycles. The molecule has 2 aromatic rings. The summed E-state index contributed by atoms with van der Waals surface area (Å²) >= 11 is 0. The Morgan fingerprint density at radius 2 is 1.80 bits per heavy atom. The minimum Gasteiger partial charge on any atom is -0.396 e. The van der Waals surface area contributed by atoms with E-state index in [9.17, 15) is 9.90 Å². The van der Waals surface area contributed by atoms with Crippen molar-refractivity contribution in [3.8, 4) is 0 Å². The number of hydrogen-bond acceptors (Lipinski definition) is 3. The fourth-order valence-corrected chi connectivity index (χ4v) is 3.41. The van der Waals surface area contributed by atoms with Crippen molar-refractivity contribution in [2.24, 2.45) is 0 Å². The van der Waals surface area contributed by atoms with Crippen molar-refractivity contribution in [1.82, 2.24) is 4.90 Å². The van der Waals surface area contributed by atoms with Gasteiger partial charge in [-0.25, -0.2) is 0 Å². The Morgan fingerprint density at radius 3 is 2.48 bits per heavy atom.